The van der Waals surface area contributed by atoms with Crippen molar-refractivity contribution in [2.24, 2.45) is 0 Å². The van der Waals surface area contributed by atoms with Gasteiger partial charge < -0.3 is 10.0 Å². The van der Waals surface area contributed by atoms with Gasteiger partial charge in [0, 0.05) is 47.8 Å². The van der Waals surface area contributed by atoms with E-state index in [1.807, 2.05) is 42.3 Å². The molecule has 0 bridgehead atoms. The molecule has 1 heterocycles. The van der Waals surface area contributed by atoms with Crippen molar-refractivity contribution in [1.82, 2.24) is 4.31 Å². The number of carboxylic acid groups (broad SMARTS) is 1. The van der Waals surface area contributed by atoms with Gasteiger partial charge in [0.15, 0.2) is 0 Å². The van der Waals surface area contributed by atoms with Crippen molar-refractivity contribution in [3.8, 4) is 0 Å². The molecule has 4 rings (SSSR count). The van der Waals surface area contributed by atoms with Crippen LogP contribution in [0.1, 0.15) is 47.2 Å². The number of carbonyl (C=O) groups is 2. The first kappa shape index (κ1) is 25.9. The summed E-state index contributed by atoms with van der Waals surface area (Å²) in [4.78, 5) is 26.8. The predicted octanol–water partition coefficient (Wildman–Crippen LogP) is 5.60. The second-order valence-electron chi connectivity index (χ2n) is 8.71. The maximum absolute atomic E-state index is 13.9. The number of benzene rings is 3. The molecule has 36 heavy (non-hydrogen) atoms. The summed E-state index contributed by atoms with van der Waals surface area (Å²) in [5, 5.41) is 8.89. The normalized spacial score (nSPS) is 12.6. The average molecular weight is 571 g/mol. The number of halogens is 1. The standard InChI is InChI=1S/C27H27BrN2O5S/c1-29-24-10-5-4-8-19(24)18-23-22(9-7-11-25(23)29)27(33)30(17-6-2-3-12-26(31)32)36(34,35)21-15-13-20(28)14-16-21/h4-5,7-11,13-16H,2-3,6,12,17-18H2,1H3,(H,31,32). The van der Waals surface area contributed by atoms with E-state index in [1.165, 1.54) is 12.1 Å². The lowest BCUT2D eigenvalue weighted by Gasteiger charge is -2.32. The minimum absolute atomic E-state index is 0.00530. The van der Waals surface area contributed by atoms with Crippen molar-refractivity contribution in [3.05, 3.63) is 87.9 Å². The highest BCUT2D eigenvalue weighted by Gasteiger charge is 2.33. The number of aliphatic carboxylic acids is 1. The smallest absolute Gasteiger partial charge is 0.303 e. The molecule has 9 heteroatoms. The number of sulfonamides is 1. The van der Waals surface area contributed by atoms with Crippen LogP contribution in [-0.4, -0.2) is 43.3 Å². The largest absolute Gasteiger partial charge is 0.481 e. The van der Waals surface area contributed by atoms with E-state index in [0.29, 0.717) is 31.2 Å². The van der Waals surface area contributed by atoms with Gasteiger partial charge in [0.2, 0.25) is 0 Å². The van der Waals surface area contributed by atoms with E-state index in [1.54, 1.807) is 24.3 Å². The van der Waals surface area contributed by atoms with Gasteiger partial charge in [0.25, 0.3) is 15.9 Å². The van der Waals surface area contributed by atoms with Crippen molar-refractivity contribution in [1.29, 1.82) is 0 Å². The van der Waals surface area contributed by atoms with Gasteiger partial charge in [-0.25, -0.2) is 12.7 Å². The highest BCUT2D eigenvalue weighted by molar-refractivity contribution is 9.10. The molecule has 3 aromatic rings. The van der Waals surface area contributed by atoms with Crippen LogP contribution in [0.15, 0.2) is 76.1 Å². The molecule has 1 aliphatic rings. The fourth-order valence-electron chi connectivity index (χ4n) is 4.49. The first-order valence-electron chi connectivity index (χ1n) is 11.7. The van der Waals surface area contributed by atoms with Crippen LogP contribution in [-0.2, 0) is 21.2 Å². The van der Waals surface area contributed by atoms with Crippen LogP contribution in [0.25, 0.3) is 0 Å². The first-order chi connectivity index (χ1) is 17.2. The molecule has 1 aliphatic heterocycles. The van der Waals surface area contributed by atoms with E-state index in [-0.39, 0.29) is 17.9 Å². The summed E-state index contributed by atoms with van der Waals surface area (Å²) in [6, 6.07) is 19.5. The van der Waals surface area contributed by atoms with Gasteiger partial charge in [0.1, 0.15) is 0 Å². The summed E-state index contributed by atoms with van der Waals surface area (Å²) >= 11 is 3.32. The molecule has 0 unspecified atom stereocenters. The van der Waals surface area contributed by atoms with Crippen molar-refractivity contribution in [2.45, 2.75) is 37.0 Å². The van der Waals surface area contributed by atoms with Crippen LogP contribution in [0, 0.1) is 0 Å². The third kappa shape index (κ3) is 5.32. The van der Waals surface area contributed by atoms with E-state index in [4.69, 9.17) is 5.11 Å². The summed E-state index contributed by atoms with van der Waals surface area (Å²) in [5.74, 6) is -1.48. The molecule has 1 N–H and O–H groups in total. The number of para-hydroxylation sites is 1. The van der Waals surface area contributed by atoms with E-state index >= 15 is 0 Å². The number of hydrogen-bond donors (Lipinski definition) is 1. The lowest BCUT2D eigenvalue weighted by atomic mass is 9.92. The fourth-order valence-corrected chi connectivity index (χ4v) is 6.18. The maximum atomic E-state index is 13.9. The Labute approximate surface area is 219 Å². The zero-order chi connectivity index (χ0) is 25.9. The van der Waals surface area contributed by atoms with Crippen LogP contribution < -0.4 is 4.90 Å². The maximum Gasteiger partial charge on any atom is 0.303 e. The number of anilines is 2. The van der Waals surface area contributed by atoms with Crippen molar-refractivity contribution >= 4 is 49.2 Å². The van der Waals surface area contributed by atoms with Gasteiger partial charge in [-0.2, -0.15) is 0 Å². The predicted molar refractivity (Wildman–Crippen MR) is 142 cm³/mol. The van der Waals surface area contributed by atoms with Crippen LogP contribution in [0.2, 0.25) is 0 Å². The van der Waals surface area contributed by atoms with Crippen LogP contribution in [0.3, 0.4) is 0 Å². The van der Waals surface area contributed by atoms with Gasteiger partial charge in [-0.1, -0.05) is 46.6 Å². The average Bonchev–Trinajstić information content (AvgIpc) is 2.85. The van der Waals surface area contributed by atoms with E-state index < -0.39 is 21.9 Å². The highest BCUT2D eigenvalue weighted by Crippen LogP contribution is 2.39. The van der Waals surface area contributed by atoms with Crippen molar-refractivity contribution < 1.29 is 23.1 Å². The molecule has 0 spiro atoms. The number of amides is 1. The number of fused-ring (bicyclic) bond motifs is 2. The molecule has 0 fully saturated rings. The third-order valence-corrected chi connectivity index (χ3v) is 8.67. The molecule has 0 saturated carbocycles. The van der Waals surface area contributed by atoms with Crippen LogP contribution in [0.4, 0.5) is 11.4 Å². The summed E-state index contributed by atoms with van der Waals surface area (Å²) in [7, 11) is -2.20. The summed E-state index contributed by atoms with van der Waals surface area (Å²) in [5.41, 5.74) is 4.10. The number of carboxylic acids is 1. The molecule has 1 amide bonds. The van der Waals surface area contributed by atoms with Gasteiger partial charge in [0.05, 0.1) is 4.90 Å². The Morgan fingerprint density at radius 2 is 1.64 bits per heavy atom. The summed E-state index contributed by atoms with van der Waals surface area (Å²) < 4.78 is 29.0. The zero-order valence-electron chi connectivity index (χ0n) is 19.9. The van der Waals surface area contributed by atoms with Gasteiger partial charge in [-0.05, 0) is 66.4 Å². The topological polar surface area (TPSA) is 95.0 Å². The molecular weight excluding hydrogens is 544 g/mol. The Hall–Kier alpha value is -3.17. The SMILES string of the molecule is CN1c2ccccc2Cc2c(C(=O)N(CCCCCC(=O)O)S(=O)(=O)c3ccc(Br)cc3)cccc21. The van der Waals surface area contributed by atoms with E-state index in [0.717, 1.165) is 31.3 Å². The zero-order valence-corrected chi connectivity index (χ0v) is 22.3. The molecule has 0 aromatic heterocycles. The minimum atomic E-state index is -4.14. The van der Waals surface area contributed by atoms with Crippen molar-refractivity contribution in [2.75, 3.05) is 18.5 Å². The van der Waals surface area contributed by atoms with Crippen LogP contribution in [0.5, 0.6) is 0 Å². The van der Waals surface area contributed by atoms with E-state index in [9.17, 15) is 18.0 Å². The molecule has 0 radical (unpaired) electrons. The monoisotopic (exact) mass is 570 g/mol. The Balaban J connectivity index is 1.70. The Kier molecular flexibility index (Phi) is 7.80. The first-order valence-corrected chi connectivity index (χ1v) is 13.9. The second-order valence-corrected chi connectivity index (χ2v) is 11.5. The molecule has 0 atom stereocenters. The molecule has 0 saturated heterocycles. The lowest BCUT2D eigenvalue weighted by molar-refractivity contribution is -0.137. The minimum Gasteiger partial charge on any atom is -0.481 e. The number of nitrogens with zero attached hydrogens (tertiary/aromatic N) is 2. The van der Waals surface area contributed by atoms with Crippen LogP contribution >= 0.6 is 15.9 Å². The number of rotatable bonds is 9. The Bertz CT molecular complexity index is 1390. The van der Waals surface area contributed by atoms with Gasteiger partial charge in [-0.3, -0.25) is 9.59 Å². The Morgan fingerprint density at radius 1 is 0.944 bits per heavy atom. The van der Waals surface area contributed by atoms with Gasteiger partial charge >= 0.3 is 5.97 Å². The molecular formula is C27H27BrN2O5S. The second kappa shape index (κ2) is 10.8. The number of unbranched alkanes of at least 4 members (excludes halogenated alkanes) is 2. The highest BCUT2D eigenvalue weighted by atomic mass is 79.9. The number of hydrogen-bond acceptors (Lipinski definition) is 5. The molecule has 188 valence electrons. The quantitative estimate of drug-likeness (QED) is 0.336. The molecule has 3 aromatic carbocycles. The molecule has 7 nitrogen and oxygen atoms in total. The van der Waals surface area contributed by atoms with Crippen molar-refractivity contribution in [3.63, 3.8) is 0 Å². The third-order valence-electron chi connectivity index (χ3n) is 6.34. The summed E-state index contributed by atoms with van der Waals surface area (Å²) in [6.45, 7) is -0.0348. The Morgan fingerprint density at radius 3 is 2.36 bits per heavy atom. The fraction of sp³-hybridized carbons (Fsp3) is 0.259. The lowest BCUT2D eigenvalue weighted by Crippen LogP contribution is -2.38. The molecule has 0 aliphatic carbocycles. The van der Waals surface area contributed by atoms with E-state index in [2.05, 4.69) is 15.9 Å². The number of carbonyl (C=O) groups excluding carboxylic acids is 1. The van der Waals surface area contributed by atoms with Gasteiger partial charge in [-0.15, -0.1) is 0 Å². The summed E-state index contributed by atoms with van der Waals surface area (Å²) in [6.07, 6.45) is 1.80.